The van der Waals surface area contributed by atoms with Crippen molar-refractivity contribution in [3.05, 3.63) is 158 Å². The van der Waals surface area contributed by atoms with E-state index in [1.807, 2.05) is 0 Å². The minimum absolute atomic E-state index is 1.16. The summed E-state index contributed by atoms with van der Waals surface area (Å²) in [6.45, 7) is 0. The van der Waals surface area contributed by atoms with Crippen LogP contribution in [0.3, 0.4) is 0 Å². The van der Waals surface area contributed by atoms with E-state index in [1.165, 1.54) is 76.5 Å². The summed E-state index contributed by atoms with van der Waals surface area (Å²) in [5.41, 5.74) is 9.84. The number of rotatable bonds is 3. The predicted molar refractivity (Wildman–Crippen MR) is 185 cm³/mol. The van der Waals surface area contributed by atoms with Gasteiger partial charge in [-0.1, -0.05) is 127 Å². The Morgan fingerprint density at radius 3 is 1.40 bits per heavy atom. The molecule has 0 unspecified atom stereocenters. The van der Waals surface area contributed by atoms with Gasteiger partial charge >= 0.3 is 0 Å². The zero-order valence-corrected chi connectivity index (χ0v) is 23.5. The smallest absolute Gasteiger partial charge is 0.0465 e. The first kappa shape index (κ1) is 24.0. The van der Waals surface area contributed by atoms with Crippen molar-refractivity contribution in [2.45, 2.75) is 0 Å². The van der Waals surface area contributed by atoms with Crippen molar-refractivity contribution in [2.24, 2.45) is 0 Å². The van der Waals surface area contributed by atoms with Crippen LogP contribution in [0.15, 0.2) is 158 Å². The summed E-state index contributed by atoms with van der Waals surface area (Å²) in [4.78, 5) is 3.67. The highest BCUT2D eigenvalue weighted by atomic mass is 14.7. The molecule has 0 atom stereocenters. The van der Waals surface area contributed by atoms with E-state index in [1.54, 1.807) is 0 Å². The maximum absolute atomic E-state index is 3.67. The van der Waals surface area contributed by atoms with Gasteiger partial charge in [-0.3, -0.25) is 0 Å². The Hall–Kier alpha value is -5.66. The van der Waals surface area contributed by atoms with E-state index in [4.69, 9.17) is 0 Å². The molecular weight excluding hydrogens is 518 g/mol. The van der Waals surface area contributed by atoms with E-state index in [2.05, 4.69) is 163 Å². The van der Waals surface area contributed by atoms with E-state index in [0.717, 1.165) is 11.0 Å². The fourth-order valence-corrected chi connectivity index (χ4v) is 6.96. The molecule has 0 bridgehead atoms. The van der Waals surface area contributed by atoms with Crippen LogP contribution in [0.2, 0.25) is 0 Å². The van der Waals surface area contributed by atoms with Crippen LogP contribution in [0.25, 0.3) is 87.5 Å². The normalized spacial score (nSPS) is 11.7. The Kier molecular flexibility index (Phi) is 5.27. The molecule has 0 saturated heterocycles. The van der Waals surface area contributed by atoms with Crippen LogP contribution in [-0.2, 0) is 0 Å². The summed E-state index contributed by atoms with van der Waals surface area (Å²) < 4.78 is 0. The van der Waals surface area contributed by atoms with Gasteiger partial charge in [0, 0.05) is 21.8 Å². The first-order valence-corrected chi connectivity index (χ1v) is 14.9. The summed E-state index contributed by atoms with van der Waals surface area (Å²) in [6, 6.07) is 57.5. The molecule has 0 spiro atoms. The number of aromatic nitrogens is 1. The lowest BCUT2D eigenvalue weighted by atomic mass is 9.86. The number of hydrogen-bond acceptors (Lipinski definition) is 0. The van der Waals surface area contributed by atoms with Gasteiger partial charge in [-0.05, 0) is 96.0 Å². The number of fused-ring (bicyclic) bond motifs is 6. The fourth-order valence-electron chi connectivity index (χ4n) is 6.96. The van der Waals surface area contributed by atoms with Gasteiger partial charge in [0.25, 0.3) is 0 Å². The van der Waals surface area contributed by atoms with Gasteiger partial charge in [0.05, 0.1) is 0 Å². The average Bonchev–Trinajstić information content (AvgIpc) is 3.44. The molecule has 9 rings (SSSR count). The molecule has 0 aliphatic carbocycles. The summed E-state index contributed by atoms with van der Waals surface area (Å²) >= 11 is 0. The zero-order valence-electron chi connectivity index (χ0n) is 23.5. The molecule has 0 amide bonds. The number of aromatic amines is 1. The third-order valence-corrected chi connectivity index (χ3v) is 8.96. The monoisotopic (exact) mass is 545 g/mol. The maximum Gasteiger partial charge on any atom is 0.0465 e. The van der Waals surface area contributed by atoms with Crippen molar-refractivity contribution in [1.29, 1.82) is 0 Å². The molecule has 8 aromatic carbocycles. The molecule has 43 heavy (non-hydrogen) atoms. The summed E-state index contributed by atoms with van der Waals surface area (Å²) in [6.07, 6.45) is 0. The van der Waals surface area contributed by atoms with Crippen LogP contribution in [0.4, 0.5) is 0 Å². The Balaban J connectivity index is 1.29. The molecule has 0 aliphatic rings. The Bertz CT molecular complexity index is 2440. The van der Waals surface area contributed by atoms with Crippen LogP contribution < -0.4 is 0 Å². The zero-order chi connectivity index (χ0) is 28.3. The molecular formula is C42H27N. The van der Waals surface area contributed by atoms with Crippen LogP contribution in [-0.4, -0.2) is 4.98 Å². The van der Waals surface area contributed by atoms with Crippen molar-refractivity contribution in [3.8, 4) is 33.4 Å². The highest BCUT2D eigenvalue weighted by molar-refractivity contribution is 6.22. The Morgan fingerprint density at radius 2 is 0.744 bits per heavy atom. The van der Waals surface area contributed by atoms with Gasteiger partial charge in [-0.25, -0.2) is 0 Å². The molecule has 1 nitrogen and oxygen atoms in total. The number of hydrogen-bond donors (Lipinski definition) is 1. The lowest BCUT2D eigenvalue weighted by Crippen LogP contribution is -1.90. The lowest BCUT2D eigenvalue weighted by Gasteiger charge is -2.17. The standard InChI is InChI=1S/C42H27N/c1-2-11-28(12-3-1)41-33-14-6-8-16-35(33)42(36-17-9-7-15-34(36)41)32-21-23-40-38(26-32)37-25-31(20-22-39(37)43-40)30-19-18-27-10-4-5-13-29(27)24-30/h1-26,43H. The van der Waals surface area contributed by atoms with Crippen molar-refractivity contribution in [2.75, 3.05) is 0 Å². The molecule has 0 fully saturated rings. The average molecular weight is 546 g/mol. The molecule has 0 saturated carbocycles. The Labute approximate surface area is 249 Å². The van der Waals surface area contributed by atoms with E-state index in [-0.39, 0.29) is 0 Å². The second kappa shape index (κ2) is 9.44. The fraction of sp³-hybridized carbons (Fsp3) is 0. The van der Waals surface area contributed by atoms with Gasteiger partial charge in [0.15, 0.2) is 0 Å². The quantitative estimate of drug-likeness (QED) is 0.213. The Morgan fingerprint density at radius 1 is 0.279 bits per heavy atom. The highest BCUT2D eigenvalue weighted by Crippen LogP contribution is 2.44. The van der Waals surface area contributed by atoms with E-state index >= 15 is 0 Å². The predicted octanol–water partition coefficient (Wildman–Crippen LogP) is 11.8. The molecule has 0 radical (unpaired) electrons. The van der Waals surface area contributed by atoms with Crippen LogP contribution in [0, 0.1) is 0 Å². The molecule has 200 valence electrons. The van der Waals surface area contributed by atoms with Crippen molar-refractivity contribution >= 4 is 54.1 Å². The third-order valence-electron chi connectivity index (χ3n) is 8.96. The minimum Gasteiger partial charge on any atom is -0.355 e. The highest BCUT2D eigenvalue weighted by Gasteiger charge is 2.17. The largest absolute Gasteiger partial charge is 0.355 e. The van der Waals surface area contributed by atoms with Gasteiger partial charge in [0.1, 0.15) is 0 Å². The minimum atomic E-state index is 1.16. The van der Waals surface area contributed by atoms with Crippen molar-refractivity contribution in [3.63, 3.8) is 0 Å². The van der Waals surface area contributed by atoms with Gasteiger partial charge < -0.3 is 4.98 Å². The van der Waals surface area contributed by atoms with Gasteiger partial charge in [0.2, 0.25) is 0 Å². The topological polar surface area (TPSA) is 15.8 Å². The molecule has 1 N–H and O–H groups in total. The summed E-state index contributed by atoms with van der Waals surface area (Å²) in [7, 11) is 0. The molecule has 1 heterocycles. The lowest BCUT2D eigenvalue weighted by molar-refractivity contribution is 1.54. The van der Waals surface area contributed by atoms with E-state index < -0.39 is 0 Å². The second-order valence-electron chi connectivity index (χ2n) is 11.4. The first-order chi connectivity index (χ1) is 21.3. The number of H-pyrrole nitrogens is 1. The van der Waals surface area contributed by atoms with Crippen LogP contribution >= 0.6 is 0 Å². The molecule has 0 aliphatic heterocycles. The third kappa shape index (κ3) is 3.79. The first-order valence-electron chi connectivity index (χ1n) is 14.9. The molecule has 1 aromatic heterocycles. The molecule has 9 aromatic rings. The van der Waals surface area contributed by atoms with E-state index in [0.29, 0.717) is 0 Å². The van der Waals surface area contributed by atoms with Crippen molar-refractivity contribution in [1.82, 2.24) is 4.98 Å². The SMILES string of the molecule is c1ccc(-c2c3ccccc3c(-c3ccc4[nH]c5ccc(-c6ccc7ccccc7c6)cc5c4c3)c3ccccc23)cc1. The maximum atomic E-state index is 3.67. The van der Waals surface area contributed by atoms with E-state index in [9.17, 15) is 0 Å². The summed E-state index contributed by atoms with van der Waals surface area (Å²) in [5, 5.41) is 10.1. The van der Waals surface area contributed by atoms with Crippen LogP contribution in [0.5, 0.6) is 0 Å². The van der Waals surface area contributed by atoms with Crippen LogP contribution in [0.1, 0.15) is 0 Å². The second-order valence-corrected chi connectivity index (χ2v) is 11.4. The van der Waals surface area contributed by atoms with Gasteiger partial charge in [-0.2, -0.15) is 0 Å². The number of nitrogens with one attached hydrogen (secondary N) is 1. The number of benzene rings is 8. The van der Waals surface area contributed by atoms with Crippen molar-refractivity contribution < 1.29 is 0 Å². The van der Waals surface area contributed by atoms with Gasteiger partial charge in [-0.15, -0.1) is 0 Å². The molecule has 1 heteroatoms. The summed E-state index contributed by atoms with van der Waals surface area (Å²) in [5.74, 6) is 0.